The number of hydrogen-bond donors (Lipinski definition) is 0. The molecule has 56 valence electrons. The molecule has 0 saturated carbocycles. The SMILES string of the molecule is CC(C)(C)Oc1cocn1. The lowest BCUT2D eigenvalue weighted by atomic mass is 10.2. The third-order valence-corrected chi connectivity index (χ3v) is 0.820. The Balaban J connectivity index is 2.57. The van der Waals surface area contributed by atoms with Gasteiger partial charge in [-0.05, 0) is 20.8 Å². The van der Waals surface area contributed by atoms with Crippen LogP contribution in [-0.2, 0) is 0 Å². The average molecular weight is 141 g/mol. The monoisotopic (exact) mass is 141 g/mol. The van der Waals surface area contributed by atoms with Crippen molar-refractivity contribution in [2.75, 3.05) is 0 Å². The summed E-state index contributed by atoms with van der Waals surface area (Å²) in [5, 5.41) is 0. The summed E-state index contributed by atoms with van der Waals surface area (Å²) in [5.74, 6) is 0.535. The molecule has 0 saturated heterocycles. The zero-order chi connectivity index (χ0) is 7.61. The van der Waals surface area contributed by atoms with Crippen LogP contribution in [0.5, 0.6) is 5.88 Å². The molecule has 0 aromatic carbocycles. The van der Waals surface area contributed by atoms with E-state index in [1.165, 1.54) is 12.7 Å². The van der Waals surface area contributed by atoms with Gasteiger partial charge in [0, 0.05) is 0 Å². The fourth-order valence-corrected chi connectivity index (χ4v) is 0.566. The fraction of sp³-hybridized carbons (Fsp3) is 0.571. The number of hydrogen-bond acceptors (Lipinski definition) is 3. The fourth-order valence-electron chi connectivity index (χ4n) is 0.566. The first kappa shape index (κ1) is 7.12. The Kier molecular flexibility index (Phi) is 1.66. The van der Waals surface area contributed by atoms with Crippen molar-refractivity contribution in [3.05, 3.63) is 12.7 Å². The quantitative estimate of drug-likeness (QED) is 0.598. The average Bonchev–Trinajstić information content (AvgIpc) is 2.12. The van der Waals surface area contributed by atoms with Gasteiger partial charge in [-0.3, -0.25) is 0 Å². The molecule has 0 radical (unpaired) electrons. The lowest BCUT2D eigenvalue weighted by Gasteiger charge is -2.18. The van der Waals surface area contributed by atoms with Gasteiger partial charge >= 0.3 is 0 Å². The van der Waals surface area contributed by atoms with Gasteiger partial charge in [0.25, 0.3) is 5.88 Å². The number of oxazole rings is 1. The summed E-state index contributed by atoms with van der Waals surface area (Å²) in [6.07, 6.45) is 2.83. The molecule has 0 fully saturated rings. The summed E-state index contributed by atoms with van der Waals surface area (Å²) in [6, 6.07) is 0. The van der Waals surface area contributed by atoms with Gasteiger partial charge < -0.3 is 9.15 Å². The summed E-state index contributed by atoms with van der Waals surface area (Å²) < 4.78 is 10.1. The Morgan fingerprint density at radius 1 is 1.50 bits per heavy atom. The van der Waals surface area contributed by atoms with Crippen LogP contribution in [0.15, 0.2) is 17.1 Å². The van der Waals surface area contributed by atoms with Crippen LogP contribution in [0.25, 0.3) is 0 Å². The molecule has 0 unspecified atom stereocenters. The van der Waals surface area contributed by atoms with Crippen molar-refractivity contribution in [2.24, 2.45) is 0 Å². The van der Waals surface area contributed by atoms with E-state index in [-0.39, 0.29) is 5.60 Å². The minimum Gasteiger partial charge on any atom is -0.470 e. The number of rotatable bonds is 1. The van der Waals surface area contributed by atoms with Gasteiger partial charge in [0.15, 0.2) is 12.7 Å². The molecule has 0 bridgehead atoms. The maximum Gasteiger partial charge on any atom is 0.253 e. The highest BCUT2D eigenvalue weighted by Crippen LogP contribution is 2.13. The summed E-state index contributed by atoms with van der Waals surface area (Å²) in [4.78, 5) is 3.81. The Morgan fingerprint density at radius 2 is 2.20 bits per heavy atom. The first-order chi connectivity index (χ1) is 4.58. The lowest BCUT2D eigenvalue weighted by Crippen LogP contribution is -2.22. The zero-order valence-electron chi connectivity index (χ0n) is 6.42. The van der Waals surface area contributed by atoms with E-state index in [0.717, 1.165) is 0 Å². The summed E-state index contributed by atoms with van der Waals surface area (Å²) in [7, 11) is 0. The second-order valence-corrected chi connectivity index (χ2v) is 3.04. The predicted molar refractivity (Wildman–Crippen MR) is 36.9 cm³/mol. The second-order valence-electron chi connectivity index (χ2n) is 3.04. The van der Waals surface area contributed by atoms with Crippen LogP contribution in [0.4, 0.5) is 0 Å². The van der Waals surface area contributed by atoms with Crippen LogP contribution in [0.1, 0.15) is 20.8 Å². The second kappa shape index (κ2) is 2.33. The number of ether oxygens (including phenoxy) is 1. The van der Waals surface area contributed by atoms with Crippen LogP contribution >= 0.6 is 0 Å². The minimum absolute atomic E-state index is 0.198. The van der Waals surface area contributed by atoms with Crippen LogP contribution in [0.2, 0.25) is 0 Å². The van der Waals surface area contributed by atoms with Gasteiger partial charge in [0.05, 0.1) is 0 Å². The first-order valence-corrected chi connectivity index (χ1v) is 3.15. The molecule has 3 heteroatoms. The molecule has 3 nitrogen and oxygen atoms in total. The van der Waals surface area contributed by atoms with Crippen molar-refractivity contribution in [3.63, 3.8) is 0 Å². The molecule has 0 spiro atoms. The van der Waals surface area contributed by atoms with Crippen molar-refractivity contribution in [1.82, 2.24) is 4.98 Å². The molecule has 0 atom stereocenters. The van der Waals surface area contributed by atoms with Gasteiger partial charge in [-0.15, -0.1) is 0 Å². The van der Waals surface area contributed by atoms with E-state index in [9.17, 15) is 0 Å². The third kappa shape index (κ3) is 2.09. The van der Waals surface area contributed by atoms with E-state index in [0.29, 0.717) is 5.88 Å². The summed E-state index contributed by atoms with van der Waals surface area (Å²) in [5.41, 5.74) is -0.198. The van der Waals surface area contributed by atoms with Crippen LogP contribution in [0.3, 0.4) is 0 Å². The van der Waals surface area contributed by atoms with Crippen LogP contribution < -0.4 is 4.74 Å². The van der Waals surface area contributed by atoms with Crippen molar-refractivity contribution in [3.8, 4) is 5.88 Å². The van der Waals surface area contributed by atoms with Crippen molar-refractivity contribution in [2.45, 2.75) is 26.4 Å². The van der Waals surface area contributed by atoms with E-state index in [2.05, 4.69) is 4.98 Å². The van der Waals surface area contributed by atoms with Gasteiger partial charge in [0.2, 0.25) is 0 Å². The normalized spacial score (nSPS) is 11.5. The van der Waals surface area contributed by atoms with Gasteiger partial charge in [0.1, 0.15) is 5.60 Å². The van der Waals surface area contributed by atoms with Crippen molar-refractivity contribution in [1.29, 1.82) is 0 Å². The topological polar surface area (TPSA) is 35.3 Å². The largest absolute Gasteiger partial charge is 0.470 e. The molecule has 0 N–H and O–H groups in total. The van der Waals surface area contributed by atoms with Crippen LogP contribution in [-0.4, -0.2) is 10.6 Å². The Morgan fingerprint density at radius 3 is 2.60 bits per heavy atom. The molecule has 1 aromatic heterocycles. The van der Waals surface area contributed by atoms with E-state index >= 15 is 0 Å². The molecule has 0 amide bonds. The van der Waals surface area contributed by atoms with E-state index < -0.39 is 0 Å². The molecule has 1 heterocycles. The molecule has 0 aliphatic carbocycles. The van der Waals surface area contributed by atoms with Gasteiger partial charge in [-0.1, -0.05) is 0 Å². The maximum atomic E-state index is 5.34. The summed E-state index contributed by atoms with van der Waals surface area (Å²) >= 11 is 0. The molecule has 10 heavy (non-hydrogen) atoms. The first-order valence-electron chi connectivity index (χ1n) is 3.15. The molecule has 1 aromatic rings. The van der Waals surface area contributed by atoms with Gasteiger partial charge in [-0.25, -0.2) is 0 Å². The summed E-state index contributed by atoms with van der Waals surface area (Å²) in [6.45, 7) is 5.88. The molecule has 0 aliphatic rings. The highest BCUT2D eigenvalue weighted by atomic mass is 16.5. The third-order valence-electron chi connectivity index (χ3n) is 0.820. The Labute approximate surface area is 60.0 Å². The van der Waals surface area contributed by atoms with Crippen molar-refractivity contribution >= 4 is 0 Å². The van der Waals surface area contributed by atoms with Gasteiger partial charge in [-0.2, -0.15) is 4.98 Å². The highest BCUT2D eigenvalue weighted by molar-refractivity contribution is 4.99. The van der Waals surface area contributed by atoms with E-state index in [4.69, 9.17) is 9.15 Å². The number of aromatic nitrogens is 1. The van der Waals surface area contributed by atoms with E-state index in [1.54, 1.807) is 0 Å². The maximum absolute atomic E-state index is 5.34. The Hall–Kier alpha value is -0.990. The standard InChI is InChI=1S/C7H11NO2/c1-7(2,3)10-6-4-9-5-8-6/h4-5H,1-3H3. The van der Waals surface area contributed by atoms with E-state index in [1.807, 2.05) is 20.8 Å². The minimum atomic E-state index is -0.198. The van der Waals surface area contributed by atoms with Crippen molar-refractivity contribution < 1.29 is 9.15 Å². The smallest absolute Gasteiger partial charge is 0.253 e. The lowest BCUT2D eigenvalue weighted by molar-refractivity contribution is 0.124. The highest BCUT2D eigenvalue weighted by Gasteiger charge is 2.12. The predicted octanol–water partition coefficient (Wildman–Crippen LogP) is 1.85. The number of nitrogens with zero attached hydrogens (tertiary/aromatic N) is 1. The van der Waals surface area contributed by atoms with Crippen LogP contribution in [0, 0.1) is 0 Å². The molecular weight excluding hydrogens is 130 g/mol. The Bertz CT molecular complexity index is 186. The molecular formula is C7H11NO2. The molecule has 1 rings (SSSR count). The zero-order valence-corrected chi connectivity index (χ0v) is 6.42. The molecule has 0 aliphatic heterocycles.